The molecule has 0 unspecified atom stereocenters. The summed E-state index contributed by atoms with van der Waals surface area (Å²) in [7, 11) is 0. The molecule has 0 saturated carbocycles. The normalized spacial score (nSPS) is 22.3. The number of imidazole rings is 2. The number of nitrogens with one attached hydrogen (secondary N) is 4. The van der Waals surface area contributed by atoms with Crippen molar-refractivity contribution in [2.24, 2.45) is 23.7 Å². The van der Waals surface area contributed by atoms with Crippen molar-refractivity contribution in [3.8, 4) is 0 Å². The third-order valence-electron chi connectivity index (χ3n) is 9.97. The van der Waals surface area contributed by atoms with Crippen molar-refractivity contribution in [1.29, 1.82) is 0 Å². The van der Waals surface area contributed by atoms with Gasteiger partial charge in [-0.3, -0.25) is 53.9 Å². The molecule has 2 amide bonds. The van der Waals surface area contributed by atoms with Crippen LogP contribution in [0.25, 0.3) is 22.3 Å². The molecule has 2 aliphatic heterocycles. The Morgan fingerprint density at radius 1 is 0.750 bits per heavy atom. The standard InChI is InChI=1S/C17H23N5O5S.C16H21N5O6S.C5H5N.CH4.H3N/c1-5-9-8(4)11(27-17(25)26)15(28-9)22-6-18-10-12(22)19-16(21-14(10)24)20-13(23)7(2)3;1-6(2)12(23)19-15-18-11-9(13(24)20-15)17-5-21(11)14-10(27-16(25)26)7(3)8(4-22)28-14;1-2-4-6-5-3-1;;/h6-9,11,15H,5H2,1-4H3,(H,25,26)(H2,19,20,21,23,24);5-8,10,14,22H,4H2,1-3H3,(H,25,26)(H2,18,19,20,23,24);1-5H;1H4;1H3/t8-,9-,11-,15-;7-,8-,10-,14-;;;/m11.../s1. The minimum atomic E-state index is -1.43. The molecule has 7 rings (SSSR count). The van der Waals surface area contributed by atoms with Gasteiger partial charge in [-0.2, -0.15) is 9.97 Å². The summed E-state index contributed by atoms with van der Waals surface area (Å²) in [4.78, 5) is 96.5. The molecule has 0 bridgehead atoms. The summed E-state index contributed by atoms with van der Waals surface area (Å²) in [6, 6.07) is 5.72. The number of anilines is 2. The number of nitrogens with zero attached hydrogens (tertiary/aromatic N) is 7. The molecular weight excluding hydrogens is 877 g/mol. The molecule has 0 aromatic carbocycles. The van der Waals surface area contributed by atoms with E-state index in [2.05, 4.69) is 45.5 Å². The number of H-pyrrole nitrogens is 2. The van der Waals surface area contributed by atoms with Gasteiger partial charge in [0.2, 0.25) is 23.7 Å². The molecule has 25 heteroatoms. The minimum Gasteiger partial charge on any atom is -0.450 e. The molecule has 0 aliphatic carbocycles. The van der Waals surface area contributed by atoms with Crippen LogP contribution in [0.4, 0.5) is 21.5 Å². The van der Waals surface area contributed by atoms with Crippen molar-refractivity contribution < 1.29 is 44.0 Å². The number of amides is 2. The number of hydrogen-bond donors (Lipinski definition) is 8. The lowest BCUT2D eigenvalue weighted by atomic mass is 9.99. The number of thioether (sulfide) groups is 2. The number of aromatic nitrogens is 9. The zero-order valence-electron chi connectivity index (χ0n) is 35.5. The Hall–Kier alpha value is -6.05. The topological polar surface area (TPSA) is 347 Å². The number of ether oxygens (including phenoxy) is 2. The molecule has 5 aromatic heterocycles. The van der Waals surface area contributed by atoms with Gasteiger partial charge in [-0.05, 0) is 18.6 Å². The number of fused-ring (bicyclic) bond motifs is 2. The van der Waals surface area contributed by atoms with Gasteiger partial charge in [0.15, 0.2) is 22.3 Å². The first-order chi connectivity index (χ1) is 29.4. The molecule has 7 heterocycles. The number of carboxylic acid groups (broad SMARTS) is 2. The highest BCUT2D eigenvalue weighted by Gasteiger charge is 2.46. The number of aliphatic hydroxyl groups is 1. The highest BCUT2D eigenvalue weighted by Crippen LogP contribution is 2.49. The second-order valence-corrected chi connectivity index (χ2v) is 17.6. The van der Waals surface area contributed by atoms with Gasteiger partial charge in [0, 0.05) is 46.6 Å². The summed E-state index contributed by atoms with van der Waals surface area (Å²) in [5.74, 6) is -1.47. The van der Waals surface area contributed by atoms with Crippen LogP contribution in [0.5, 0.6) is 0 Å². The third-order valence-corrected chi connectivity index (χ3v) is 13.6. The average Bonchev–Trinajstić information content (AvgIpc) is 3.99. The molecule has 10 N–H and O–H groups in total. The Morgan fingerprint density at radius 3 is 1.48 bits per heavy atom. The van der Waals surface area contributed by atoms with E-state index in [4.69, 9.17) is 19.7 Å². The first kappa shape index (κ1) is 52.3. The van der Waals surface area contributed by atoms with E-state index in [0.717, 1.165) is 6.42 Å². The van der Waals surface area contributed by atoms with Crippen LogP contribution in [0.2, 0.25) is 0 Å². The van der Waals surface area contributed by atoms with Gasteiger partial charge in [0.05, 0.1) is 19.3 Å². The van der Waals surface area contributed by atoms with Crippen molar-refractivity contribution in [2.75, 3.05) is 17.2 Å². The van der Waals surface area contributed by atoms with E-state index >= 15 is 0 Å². The van der Waals surface area contributed by atoms with Crippen LogP contribution >= 0.6 is 23.5 Å². The van der Waals surface area contributed by atoms with Gasteiger partial charge in [-0.25, -0.2) is 19.6 Å². The predicted octanol–water partition coefficient (Wildman–Crippen LogP) is 5.34. The Bertz CT molecular complexity index is 2300. The molecule has 23 nitrogen and oxygen atoms in total. The second kappa shape index (κ2) is 23.0. The molecule has 2 aliphatic rings. The van der Waals surface area contributed by atoms with E-state index < -0.39 is 46.4 Å². The second-order valence-electron chi connectivity index (χ2n) is 14.9. The van der Waals surface area contributed by atoms with Gasteiger partial charge in [-0.15, -0.1) is 23.5 Å². The van der Waals surface area contributed by atoms with Crippen LogP contribution in [0, 0.1) is 23.7 Å². The van der Waals surface area contributed by atoms with Gasteiger partial charge in [0.1, 0.15) is 23.0 Å². The summed E-state index contributed by atoms with van der Waals surface area (Å²) in [6.45, 7) is 12.5. The van der Waals surface area contributed by atoms with Crippen molar-refractivity contribution in [1.82, 2.24) is 50.2 Å². The Kier molecular flexibility index (Phi) is 18.8. The van der Waals surface area contributed by atoms with E-state index in [1.807, 2.05) is 32.0 Å². The van der Waals surface area contributed by atoms with Crippen molar-refractivity contribution in [3.63, 3.8) is 0 Å². The molecule has 2 fully saturated rings. The Labute approximate surface area is 375 Å². The fourth-order valence-corrected chi connectivity index (χ4v) is 9.86. The Balaban J connectivity index is 0.000000292. The zero-order valence-corrected chi connectivity index (χ0v) is 37.1. The lowest BCUT2D eigenvalue weighted by Crippen LogP contribution is -2.30. The van der Waals surface area contributed by atoms with Crippen molar-refractivity contribution in [3.05, 3.63) is 64.0 Å². The number of rotatable bonds is 10. The van der Waals surface area contributed by atoms with Crippen LogP contribution in [0.3, 0.4) is 0 Å². The number of aliphatic hydroxyl groups excluding tert-OH is 1. The van der Waals surface area contributed by atoms with Crippen molar-refractivity contribution >= 4 is 81.9 Å². The number of carbonyl (C=O) groups excluding carboxylic acids is 2. The van der Waals surface area contributed by atoms with Gasteiger partial charge >= 0.3 is 12.3 Å². The smallest absolute Gasteiger partial charge is 0.450 e. The van der Waals surface area contributed by atoms with E-state index in [1.165, 1.54) is 24.4 Å². The van der Waals surface area contributed by atoms with E-state index in [1.54, 1.807) is 67.9 Å². The predicted molar refractivity (Wildman–Crippen MR) is 242 cm³/mol. The maximum Gasteiger partial charge on any atom is 0.506 e. The van der Waals surface area contributed by atoms with Crippen LogP contribution in [0.1, 0.15) is 73.1 Å². The van der Waals surface area contributed by atoms with Gasteiger partial charge < -0.3 is 30.9 Å². The Morgan fingerprint density at radius 2 is 1.16 bits per heavy atom. The molecule has 2 saturated heterocycles. The van der Waals surface area contributed by atoms with E-state index in [9.17, 15) is 33.9 Å². The first-order valence-electron chi connectivity index (χ1n) is 19.6. The molecule has 350 valence electrons. The molecule has 0 radical (unpaired) electrons. The number of carbonyl (C=O) groups is 4. The van der Waals surface area contributed by atoms with Crippen LogP contribution in [0.15, 0.2) is 52.8 Å². The summed E-state index contributed by atoms with van der Waals surface area (Å²) >= 11 is 2.88. The minimum absolute atomic E-state index is 0. The van der Waals surface area contributed by atoms with E-state index in [0.29, 0.717) is 0 Å². The van der Waals surface area contributed by atoms with Crippen molar-refractivity contribution in [2.45, 2.75) is 95.8 Å². The summed E-state index contributed by atoms with van der Waals surface area (Å²) in [5.41, 5.74) is -0.398. The lowest BCUT2D eigenvalue weighted by molar-refractivity contribution is -0.119. The summed E-state index contributed by atoms with van der Waals surface area (Å²) in [6.07, 6.45) is 3.02. The summed E-state index contributed by atoms with van der Waals surface area (Å²) < 4.78 is 13.4. The first-order valence-corrected chi connectivity index (χ1v) is 21.4. The number of pyridine rings is 1. The fourth-order valence-electron chi connectivity index (χ4n) is 6.57. The van der Waals surface area contributed by atoms with Crippen LogP contribution in [-0.2, 0) is 19.1 Å². The van der Waals surface area contributed by atoms with Crippen LogP contribution < -0.4 is 27.9 Å². The van der Waals surface area contributed by atoms with Crippen LogP contribution in [-0.4, -0.2) is 113 Å². The fraction of sp³-hybridized carbons (Fsp3) is 0.513. The van der Waals surface area contributed by atoms with Gasteiger partial charge in [-0.1, -0.05) is 62.0 Å². The maximum absolute atomic E-state index is 12.4. The molecule has 0 spiro atoms. The molecule has 64 heavy (non-hydrogen) atoms. The van der Waals surface area contributed by atoms with E-state index in [-0.39, 0.29) is 100 Å². The monoisotopic (exact) mass is 932 g/mol. The molecule has 8 atom stereocenters. The number of aromatic amines is 2. The largest absolute Gasteiger partial charge is 0.506 e. The van der Waals surface area contributed by atoms with Gasteiger partial charge in [0.25, 0.3) is 11.1 Å². The SMILES string of the molecule is C.CC(C)C(=O)Nc1nc2c(ncn2[C@@H]2S[C@H](CO)[C@@H](C)[C@H]2OC(=O)O)c(=O)[nH]1.CC[C@H]1S[C@@H](n2cnc3c(=O)[nH]c(NC(=O)C(C)C)nc32)[C@H](OC(=O)O)[C@@H]1C.N.c1ccncc1. The highest BCUT2D eigenvalue weighted by atomic mass is 32.2. The molecule has 5 aromatic rings. The maximum atomic E-state index is 12.4. The number of hydrogen-bond acceptors (Lipinski definition) is 17. The quantitative estimate of drug-likeness (QED) is 0.0819. The summed E-state index contributed by atoms with van der Waals surface area (Å²) in [5, 5.41) is 31.9. The average molecular weight is 933 g/mol. The lowest BCUT2D eigenvalue weighted by Gasteiger charge is -2.22. The highest BCUT2D eigenvalue weighted by molar-refractivity contribution is 8.00. The zero-order chi connectivity index (χ0) is 45.4. The molecular formula is C39H56N12O11S2. The third kappa shape index (κ3) is 12.1.